The van der Waals surface area contributed by atoms with E-state index in [2.05, 4.69) is 4.98 Å². The van der Waals surface area contributed by atoms with Crippen molar-refractivity contribution in [3.05, 3.63) is 42.1 Å². The fourth-order valence-corrected chi connectivity index (χ4v) is 4.30. The molecule has 0 radical (unpaired) electrons. The van der Waals surface area contributed by atoms with Crippen molar-refractivity contribution >= 4 is 5.78 Å². The predicted molar refractivity (Wildman–Crippen MR) is 86.9 cm³/mol. The molecule has 2 heterocycles. The smallest absolute Gasteiger partial charge is 0.322 e. The molecule has 138 valence electrons. The van der Waals surface area contributed by atoms with Crippen molar-refractivity contribution in [3.8, 4) is 11.3 Å². The lowest BCUT2D eigenvalue weighted by Gasteiger charge is -2.29. The number of nitrogens with zero attached hydrogens (tertiary/aromatic N) is 2. The number of alkyl halides is 3. The van der Waals surface area contributed by atoms with Crippen molar-refractivity contribution in [2.75, 3.05) is 0 Å². The van der Waals surface area contributed by atoms with E-state index in [1.165, 1.54) is 6.07 Å². The number of carbonyl (C=O) groups excluding carboxylic acids is 1. The van der Waals surface area contributed by atoms with Gasteiger partial charge in [-0.25, -0.2) is 9.37 Å². The summed E-state index contributed by atoms with van der Waals surface area (Å²) in [6.45, 7) is 0. The van der Waals surface area contributed by atoms with Crippen LogP contribution in [0.1, 0.15) is 43.7 Å². The van der Waals surface area contributed by atoms with E-state index in [0.29, 0.717) is 5.56 Å². The summed E-state index contributed by atoms with van der Waals surface area (Å²) in [6.07, 6.45) is -0.415. The van der Waals surface area contributed by atoms with Crippen LogP contribution < -0.4 is 0 Å². The summed E-state index contributed by atoms with van der Waals surface area (Å²) in [5.74, 6) is -2.15. The van der Waals surface area contributed by atoms with Gasteiger partial charge in [0.05, 0.1) is 30.2 Å². The molecule has 3 nitrogen and oxygen atoms in total. The van der Waals surface area contributed by atoms with Gasteiger partial charge in [0, 0.05) is 23.5 Å². The molecule has 7 heteroatoms. The number of halogens is 4. The minimum Gasteiger partial charge on any atom is -0.322 e. The van der Waals surface area contributed by atoms with Crippen LogP contribution in [0.15, 0.2) is 30.7 Å². The number of Topliss-reactive ketones (excluding diaryl/α,β-unsaturated/α-hetero) is 1. The van der Waals surface area contributed by atoms with Gasteiger partial charge in [-0.15, -0.1) is 0 Å². The van der Waals surface area contributed by atoms with Gasteiger partial charge in [-0.1, -0.05) is 12.1 Å². The number of rotatable bonds is 3. The molecule has 2 aliphatic rings. The fourth-order valence-electron chi connectivity index (χ4n) is 4.30. The summed E-state index contributed by atoms with van der Waals surface area (Å²) in [7, 11) is 0. The quantitative estimate of drug-likeness (QED) is 0.723. The maximum atomic E-state index is 14.4. The number of benzene rings is 1. The first kappa shape index (κ1) is 17.2. The Morgan fingerprint density at radius 3 is 2.62 bits per heavy atom. The van der Waals surface area contributed by atoms with Crippen molar-refractivity contribution in [3.63, 3.8) is 0 Å². The van der Waals surface area contributed by atoms with E-state index in [9.17, 15) is 22.4 Å². The van der Waals surface area contributed by atoms with Crippen LogP contribution in [0.2, 0.25) is 0 Å². The van der Waals surface area contributed by atoms with Gasteiger partial charge in [-0.2, -0.15) is 13.2 Å². The number of hydrogen-bond donors (Lipinski definition) is 0. The molecule has 1 aliphatic carbocycles. The Bertz CT molecular complexity index is 834. The normalized spacial score (nSPS) is 25.0. The summed E-state index contributed by atoms with van der Waals surface area (Å²) in [4.78, 5) is 16.8. The Labute approximate surface area is 148 Å². The topological polar surface area (TPSA) is 34.9 Å². The molecule has 1 fully saturated rings. The largest absolute Gasteiger partial charge is 0.391 e. The van der Waals surface area contributed by atoms with Gasteiger partial charge >= 0.3 is 6.18 Å². The van der Waals surface area contributed by atoms with Gasteiger partial charge in [0.15, 0.2) is 0 Å². The van der Waals surface area contributed by atoms with Gasteiger partial charge in [-0.3, -0.25) is 4.79 Å². The molecule has 0 amide bonds. The number of carbonyl (C=O) groups is 1. The summed E-state index contributed by atoms with van der Waals surface area (Å²) >= 11 is 0. The highest BCUT2D eigenvalue weighted by molar-refractivity contribution is 5.83. The van der Waals surface area contributed by atoms with Crippen LogP contribution in [0.4, 0.5) is 17.6 Å². The van der Waals surface area contributed by atoms with Crippen LogP contribution in [0.3, 0.4) is 0 Å². The highest BCUT2D eigenvalue weighted by Gasteiger charge is 2.43. The molecular weight excluding hydrogens is 348 g/mol. The number of aromatic nitrogens is 2. The second-order valence-electron chi connectivity index (χ2n) is 7.16. The Kier molecular flexibility index (Phi) is 4.12. The Morgan fingerprint density at radius 2 is 1.92 bits per heavy atom. The number of hydrogen-bond acceptors (Lipinski definition) is 2. The first-order valence-corrected chi connectivity index (χ1v) is 8.76. The Morgan fingerprint density at radius 1 is 1.19 bits per heavy atom. The summed E-state index contributed by atoms with van der Waals surface area (Å²) in [5, 5.41) is 0. The molecule has 1 saturated carbocycles. The molecule has 1 atom stereocenters. The molecule has 1 aromatic carbocycles. The van der Waals surface area contributed by atoms with Crippen LogP contribution in [-0.4, -0.2) is 21.5 Å². The van der Waals surface area contributed by atoms with Crippen LogP contribution in [0.25, 0.3) is 11.3 Å². The van der Waals surface area contributed by atoms with Crippen LogP contribution in [-0.2, 0) is 4.79 Å². The van der Waals surface area contributed by atoms with E-state index in [1.807, 2.05) is 0 Å². The lowest BCUT2D eigenvalue weighted by atomic mass is 9.78. The molecular formula is C19H18F4N2O. The SMILES string of the molecule is O=C(CC1c2c(F)cccc2-c2cncn21)C1CCC(C(F)(F)F)CC1. The fraction of sp³-hybridized carbons (Fsp3) is 0.474. The number of fused-ring (bicyclic) bond motifs is 3. The second-order valence-corrected chi connectivity index (χ2v) is 7.16. The minimum absolute atomic E-state index is 0.00809. The van der Waals surface area contributed by atoms with Crippen LogP contribution >= 0.6 is 0 Å². The van der Waals surface area contributed by atoms with E-state index >= 15 is 0 Å². The summed E-state index contributed by atoms with van der Waals surface area (Å²) in [5.41, 5.74) is 1.96. The molecule has 0 saturated heterocycles. The average Bonchev–Trinajstić information content (AvgIpc) is 3.18. The van der Waals surface area contributed by atoms with Crippen molar-refractivity contribution in [1.29, 1.82) is 0 Å². The van der Waals surface area contributed by atoms with Gasteiger partial charge in [0.25, 0.3) is 0 Å². The van der Waals surface area contributed by atoms with Crippen molar-refractivity contribution in [2.24, 2.45) is 11.8 Å². The molecule has 2 aromatic rings. The molecule has 0 spiro atoms. The second kappa shape index (κ2) is 6.21. The van der Waals surface area contributed by atoms with E-state index < -0.39 is 18.1 Å². The lowest BCUT2D eigenvalue weighted by molar-refractivity contribution is -0.184. The standard InChI is InChI=1S/C19H18F4N2O/c20-14-3-1-2-13-16-9-24-10-25(16)15(18(13)14)8-17(26)11-4-6-12(7-5-11)19(21,22)23/h1-3,9-12,15H,4-8H2. The Balaban J connectivity index is 1.51. The van der Waals surface area contributed by atoms with Gasteiger partial charge in [0.1, 0.15) is 11.6 Å². The molecule has 26 heavy (non-hydrogen) atoms. The molecule has 4 rings (SSSR count). The summed E-state index contributed by atoms with van der Waals surface area (Å²) < 4.78 is 54.6. The van der Waals surface area contributed by atoms with E-state index in [-0.39, 0.29) is 49.6 Å². The highest BCUT2D eigenvalue weighted by Crippen LogP contribution is 2.44. The maximum absolute atomic E-state index is 14.4. The van der Waals surface area contributed by atoms with E-state index in [0.717, 1.165) is 11.3 Å². The zero-order valence-electron chi connectivity index (χ0n) is 14.0. The monoisotopic (exact) mass is 366 g/mol. The minimum atomic E-state index is -4.19. The average molecular weight is 366 g/mol. The number of ketones is 1. The first-order chi connectivity index (χ1) is 12.4. The van der Waals surface area contributed by atoms with Gasteiger partial charge < -0.3 is 4.57 Å². The summed E-state index contributed by atoms with van der Waals surface area (Å²) in [6, 6.07) is 4.31. The predicted octanol–water partition coefficient (Wildman–Crippen LogP) is 4.92. The van der Waals surface area contributed by atoms with Gasteiger partial charge in [-0.05, 0) is 31.7 Å². The zero-order valence-corrected chi connectivity index (χ0v) is 14.0. The maximum Gasteiger partial charge on any atom is 0.391 e. The molecule has 1 unspecified atom stereocenters. The van der Waals surface area contributed by atoms with Crippen LogP contribution in [0, 0.1) is 17.7 Å². The third kappa shape index (κ3) is 2.83. The van der Waals surface area contributed by atoms with Crippen molar-refractivity contribution in [1.82, 2.24) is 9.55 Å². The molecule has 0 bridgehead atoms. The van der Waals surface area contributed by atoms with Gasteiger partial charge in [0.2, 0.25) is 0 Å². The van der Waals surface area contributed by atoms with Crippen molar-refractivity contribution in [2.45, 2.75) is 44.3 Å². The third-order valence-electron chi connectivity index (χ3n) is 5.70. The highest BCUT2D eigenvalue weighted by atomic mass is 19.4. The van der Waals surface area contributed by atoms with E-state index in [4.69, 9.17) is 0 Å². The van der Waals surface area contributed by atoms with Crippen LogP contribution in [0.5, 0.6) is 0 Å². The van der Waals surface area contributed by atoms with Crippen molar-refractivity contribution < 1.29 is 22.4 Å². The Hall–Kier alpha value is -2.18. The lowest BCUT2D eigenvalue weighted by Crippen LogP contribution is -2.31. The number of imidazole rings is 1. The first-order valence-electron chi connectivity index (χ1n) is 8.76. The molecule has 0 N–H and O–H groups in total. The van der Waals surface area contributed by atoms with E-state index in [1.54, 1.807) is 29.2 Å². The molecule has 1 aliphatic heterocycles. The zero-order chi connectivity index (χ0) is 18.5. The third-order valence-corrected chi connectivity index (χ3v) is 5.70. The molecule has 1 aromatic heterocycles.